The van der Waals surface area contributed by atoms with Gasteiger partial charge in [0.25, 0.3) is 5.69 Å². The largest absolute Gasteiger partial charge is 0.495 e. The Kier molecular flexibility index (Phi) is 4.34. The maximum absolute atomic E-state index is 12.5. The summed E-state index contributed by atoms with van der Waals surface area (Å²) in [5, 5.41) is 11.4. The van der Waals surface area contributed by atoms with E-state index in [9.17, 15) is 23.3 Å². The van der Waals surface area contributed by atoms with Gasteiger partial charge >= 0.3 is 15.7 Å². The van der Waals surface area contributed by atoms with Crippen LogP contribution in [0.1, 0.15) is 0 Å². The molecular weight excluding hydrogens is 366 g/mol. The van der Waals surface area contributed by atoms with E-state index in [1.54, 1.807) is 0 Å². The number of nitro benzene ring substituents is 1. The van der Waals surface area contributed by atoms with Crippen molar-refractivity contribution >= 4 is 26.8 Å². The first-order valence-corrected chi connectivity index (χ1v) is 8.52. The molecule has 0 saturated carbocycles. The average molecular weight is 377 g/mol. The molecular formula is C16H11NO8S. The first kappa shape index (κ1) is 17.4. The summed E-state index contributed by atoms with van der Waals surface area (Å²) in [6.45, 7) is 0. The minimum atomic E-state index is -4.34. The van der Waals surface area contributed by atoms with Crippen LogP contribution in [0.4, 0.5) is 5.69 Å². The molecule has 0 saturated heterocycles. The van der Waals surface area contributed by atoms with Gasteiger partial charge in [0.15, 0.2) is 0 Å². The van der Waals surface area contributed by atoms with Crippen molar-refractivity contribution in [2.24, 2.45) is 0 Å². The van der Waals surface area contributed by atoms with Gasteiger partial charge in [0.1, 0.15) is 22.0 Å². The number of non-ortho nitro benzene ring substituents is 1. The highest BCUT2D eigenvalue weighted by molar-refractivity contribution is 7.87. The van der Waals surface area contributed by atoms with Crippen molar-refractivity contribution in [3.63, 3.8) is 0 Å². The Morgan fingerprint density at radius 1 is 1.08 bits per heavy atom. The second kappa shape index (κ2) is 6.48. The lowest BCUT2D eigenvalue weighted by molar-refractivity contribution is -0.385. The van der Waals surface area contributed by atoms with E-state index in [2.05, 4.69) is 0 Å². The van der Waals surface area contributed by atoms with Crippen LogP contribution < -0.4 is 14.5 Å². The summed E-state index contributed by atoms with van der Waals surface area (Å²) in [5.74, 6) is -0.321. The van der Waals surface area contributed by atoms with E-state index in [0.29, 0.717) is 5.39 Å². The highest BCUT2D eigenvalue weighted by atomic mass is 32.2. The van der Waals surface area contributed by atoms with E-state index in [1.807, 2.05) is 0 Å². The van der Waals surface area contributed by atoms with Gasteiger partial charge in [-0.2, -0.15) is 8.42 Å². The molecule has 2 aromatic carbocycles. The van der Waals surface area contributed by atoms with Gasteiger partial charge in [0.2, 0.25) is 0 Å². The molecule has 10 heteroatoms. The Labute approximate surface area is 146 Å². The van der Waals surface area contributed by atoms with Crippen LogP contribution in [0.2, 0.25) is 0 Å². The van der Waals surface area contributed by atoms with Crippen molar-refractivity contribution in [2.45, 2.75) is 4.90 Å². The number of nitrogens with zero attached hydrogens (tertiary/aromatic N) is 1. The van der Waals surface area contributed by atoms with Gasteiger partial charge in [0.05, 0.1) is 18.1 Å². The third-order valence-corrected chi connectivity index (χ3v) is 4.72. The molecule has 134 valence electrons. The molecule has 26 heavy (non-hydrogen) atoms. The molecule has 1 heterocycles. The van der Waals surface area contributed by atoms with Crippen molar-refractivity contribution in [2.75, 3.05) is 7.11 Å². The Hall–Kier alpha value is -3.40. The maximum atomic E-state index is 12.5. The standard InChI is InChI=1S/C16H11NO8S/c1-23-14-8-11(17(19)20)4-6-15(14)26(21,22)25-12-5-2-10-3-7-16(18)24-13(10)9-12/h2-9H,1H3. The Morgan fingerprint density at radius 3 is 2.50 bits per heavy atom. The monoisotopic (exact) mass is 377 g/mol. The van der Waals surface area contributed by atoms with Crippen molar-refractivity contribution in [1.29, 1.82) is 0 Å². The lowest BCUT2D eigenvalue weighted by Crippen LogP contribution is -2.11. The smallest absolute Gasteiger partial charge is 0.342 e. The van der Waals surface area contributed by atoms with Crippen LogP contribution >= 0.6 is 0 Å². The maximum Gasteiger partial charge on any atom is 0.342 e. The third kappa shape index (κ3) is 3.35. The van der Waals surface area contributed by atoms with Crippen LogP contribution in [0.15, 0.2) is 62.6 Å². The normalized spacial score (nSPS) is 11.3. The number of ether oxygens (including phenoxy) is 1. The quantitative estimate of drug-likeness (QED) is 0.287. The Morgan fingerprint density at radius 2 is 1.81 bits per heavy atom. The number of nitro groups is 1. The van der Waals surface area contributed by atoms with Crippen molar-refractivity contribution in [3.8, 4) is 11.5 Å². The molecule has 3 rings (SSSR count). The summed E-state index contributed by atoms with van der Waals surface area (Å²) < 4.78 is 39.9. The fourth-order valence-corrected chi connectivity index (χ4v) is 3.31. The highest BCUT2D eigenvalue weighted by Gasteiger charge is 2.24. The lowest BCUT2D eigenvalue weighted by Gasteiger charge is -2.10. The van der Waals surface area contributed by atoms with Crippen molar-refractivity contribution in [1.82, 2.24) is 0 Å². The van der Waals surface area contributed by atoms with E-state index < -0.39 is 20.7 Å². The number of hydrogen-bond donors (Lipinski definition) is 0. The minimum absolute atomic E-state index is 0.0905. The molecule has 0 radical (unpaired) electrons. The first-order chi connectivity index (χ1) is 12.3. The second-order valence-electron chi connectivity index (χ2n) is 5.08. The van der Waals surface area contributed by atoms with E-state index in [4.69, 9.17) is 13.3 Å². The molecule has 0 aliphatic rings. The first-order valence-electron chi connectivity index (χ1n) is 7.11. The SMILES string of the molecule is COc1cc([N+](=O)[O-])ccc1S(=O)(=O)Oc1ccc2ccc(=O)oc2c1. The van der Waals surface area contributed by atoms with E-state index in [1.165, 1.54) is 37.4 Å². The number of benzene rings is 2. The average Bonchev–Trinajstić information content (AvgIpc) is 2.60. The molecule has 1 aromatic heterocycles. The zero-order valence-electron chi connectivity index (χ0n) is 13.2. The van der Waals surface area contributed by atoms with Gasteiger partial charge in [-0.1, -0.05) is 0 Å². The van der Waals surface area contributed by atoms with Crippen LogP contribution in [0, 0.1) is 10.1 Å². The van der Waals surface area contributed by atoms with Gasteiger partial charge in [-0.25, -0.2) is 4.79 Å². The third-order valence-electron chi connectivity index (χ3n) is 3.43. The van der Waals surface area contributed by atoms with Crippen LogP contribution in [0.5, 0.6) is 11.5 Å². The summed E-state index contributed by atoms with van der Waals surface area (Å²) >= 11 is 0. The van der Waals surface area contributed by atoms with Gasteiger partial charge in [-0.3, -0.25) is 10.1 Å². The van der Waals surface area contributed by atoms with Crippen LogP contribution in [0.3, 0.4) is 0 Å². The predicted molar refractivity (Wildman–Crippen MR) is 89.9 cm³/mol. The molecule has 0 unspecified atom stereocenters. The molecule has 0 spiro atoms. The highest BCUT2D eigenvalue weighted by Crippen LogP contribution is 2.31. The molecule has 0 atom stereocenters. The van der Waals surface area contributed by atoms with E-state index in [0.717, 1.165) is 18.2 Å². The molecule has 3 aromatic rings. The molecule has 9 nitrogen and oxygen atoms in total. The number of fused-ring (bicyclic) bond motifs is 1. The Bertz CT molecular complexity index is 1170. The van der Waals surface area contributed by atoms with Gasteiger partial charge < -0.3 is 13.3 Å². The lowest BCUT2D eigenvalue weighted by atomic mass is 10.2. The van der Waals surface area contributed by atoms with Gasteiger partial charge in [-0.05, 0) is 24.3 Å². The molecule has 0 bridgehead atoms. The summed E-state index contributed by atoms with van der Waals surface area (Å²) in [6, 6.07) is 9.96. The molecule has 0 amide bonds. The minimum Gasteiger partial charge on any atom is -0.495 e. The summed E-state index contributed by atoms with van der Waals surface area (Å²) in [5.41, 5.74) is -0.760. The molecule has 0 fully saturated rings. The van der Waals surface area contributed by atoms with Crippen LogP contribution in [0.25, 0.3) is 11.0 Å². The van der Waals surface area contributed by atoms with Crippen molar-refractivity contribution in [3.05, 3.63) is 69.1 Å². The van der Waals surface area contributed by atoms with Gasteiger partial charge in [0, 0.05) is 23.6 Å². The van der Waals surface area contributed by atoms with Gasteiger partial charge in [-0.15, -0.1) is 0 Å². The van der Waals surface area contributed by atoms with Crippen LogP contribution in [-0.2, 0) is 10.1 Å². The fourth-order valence-electron chi connectivity index (χ4n) is 2.24. The Balaban J connectivity index is 2.01. The summed E-state index contributed by atoms with van der Waals surface area (Å²) in [4.78, 5) is 21.0. The zero-order valence-corrected chi connectivity index (χ0v) is 14.1. The second-order valence-corrected chi connectivity index (χ2v) is 6.60. The predicted octanol–water partition coefficient (Wildman–Crippen LogP) is 2.48. The van der Waals surface area contributed by atoms with Crippen LogP contribution in [-0.4, -0.2) is 20.5 Å². The number of rotatable bonds is 5. The number of methoxy groups -OCH3 is 1. The van der Waals surface area contributed by atoms with E-state index in [-0.39, 0.29) is 27.7 Å². The summed E-state index contributed by atoms with van der Waals surface area (Å²) in [7, 11) is -3.16. The van der Waals surface area contributed by atoms with Crippen molar-refractivity contribution < 1.29 is 26.7 Å². The molecule has 0 aliphatic carbocycles. The molecule has 0 N–H and O–H groups in total. The summed E-state index contributed by atoms with van der Waals surface area (Å²) in [6.07, 6.45) is 0. The number of hydrogen-bond acceptors (Lipinski definition) is 8. The zero-order chi connectivity index (χ0) is 18.9. The topological polar surface area (TPSA) is 126 Å². The molecule has 0 aliphatic heterocycles. The van der Waals surface area contributed by atoms with E-state index >= 15 is 0 Å². The fraction of sp³-hybridized carbons (Fsp3) is 0.0625.